The van der Waals surface area contributed by atoms with Crippen molar-refractivity contribution in [2.45, 2.75) is 39.8 Å². The number of nitrogens with zero attached hydrogens (tertiary/aromatic N) is 2. The number of carbonyl (C=O) groups is 2. The molecule has 0 bridgehead atoms. The van der Waals surface area contributed by atoms with Gasteiger partial charge in [0.05, 0.1) is 11.4 Å². The first-order chi connectivity index (χ1) is 17.7. The van der Waals surface area contributed by atoms with Crippen molar-refractivity contribution in [1.29, 1.82) is 0 Å². The van der Waals surface area contributed by atoms with Crippen LogP contribution < -0.4 is 15.4 Å². The van der Waals surface area contributed by atoms with Crippen LogP contribution in [0.3, 0.4) is 0 Å². The van der Waals surface area contributed by atoms with Crippen LogP contribution in [0.15, 0.2) is 84.9 Å². The van der Waals surface area contributed by atoms with E-state index in [9.17, 15) is 9.59 Å². The van der Waals surface area contributed by atoms with Gasteiger partial charge in [-0.25, -0.2) is 9.48 Å². The number of benzene rings is 3. The van der Waals surface area contributed by atoms with Crippen LogP contribution in [0.5, 0.6) is 11.5 Å². The van der Waals surface area contributed by atoms with Crippen LogP contribution in [0.4, 0.5) is 10.5 Å². The number of rotatable bonds is 7. The first-order valence-corrected chi connectivity index (χ1v) is 11.9. The Morgan fingerprint density at radius 2 is 1.62 bits per heavy atom. The van der Waals surface area contributed by atoms with E-state index in [-0.39, 0.29) is 12.5 Å². The summed E-state index contributed by atoms with van der Waals surface area (Å²) >= 11 is 0. The fourth-order valence-electron chi connectivity index (χ4n) is 3.60. The number of anilines is 1. The summed E-state index contributed by atoms with van der Waals surface area (Å²) in [6.45, 7) is 7.54. The van der Waals surface area contributed by atoms with Crippen LogP contribution in [-0.2, 0) is 11.3 Å². The third kappa shape index (κ3) is 7.20. The average molecular weight is 499 g/mol. The predicted molar refractivity (Wildman–Crippen MR) is 142 cm³/mol. The molecule has 0 saturated carbocycles. The molecule has 3 aromatic carbocycles. The molecule has 0 aliphatic rings. The van der Waals surface area contributed by atoms with Gasteiger partial charge >= 0.3 is 6.09 Å². The molecule has 0 unspecified atom stereocenters. The van der Waals surface area contributed by atoms with Gasteiger partial charge in [-0.3, -0.25) is 4.79 Å². The van der Waals surface area contributed by atoms with Crippen molar-refractivity contribution in [3.8, 4) is 17.2 Å². The number of alkyl carbamates (subject to hydrolysis) is 1. The highest BCUT2D eigenvalue weighted by Gasteiger charge is 2.18. The highest BCUT2D eigenvalue weighted by atomic mass is 16.6. The van der Waals surface area contributed by atoms with E-state index >= 15 is 0 Å². The molecule has 0 atom stereocenters. The summed E-state index contributed by atoms with van der Waals surface area (Å²) in [5, 5.41) is 10.2. The van der Waals surface area contributed by atoms with Gasteiger partial charge in [0.25, 0.3) is 5.91 Å². The number of para-hydroxylation sites is 1. The Bertz CT molecular complexity index is 1390. The minimum Gasteiger partial charge on any atom is -0.457 e. The zero-order valence-corrected chi connectivity index (χ0v) is 21.3. The minimum absolute atomic E-state index is 0.277. The normalized spacial score (nSPS) is 11.0. The highest BCUT2D eigenvalue weighted by molar-refractivity contribution is 6.03. The van der Waals surface area contributed by atoms with Crippen LogP contribution in [0.2, 0.25) is 0 Å². The van der Waals surface area contributed by atoms with Gasteiger partial charge in [-0.05, 0) is 75.7 Å². The van der Waals surface area contributed by atoms with E-state index in [4.69, 9.17) is 9.47 Å². The molecule has 1 aromatic heterocycles. The summed E-state index contributed by atoms with van der Waals surface area (Å²) in [7, 11) is 0. The fourth-order valence-corrected chi connectivity index (χ4v) is 3.60. The van der Waals surface area contributed by atoms with Crippen molar-refractivity contribution in [3.05, 3.63) is 102 Å². The Labute approximate surface area is 216 Å². The van der Waals surface area contributed by atoms with Crippen LogP contribution in [0.25, 0.3) is 5.69 Å². The lowest BCUT2D eigenvalue weighted by Gasteiger charge is -2.19. The molecule has 0 saturated heterocycles. The van der Waals surface area contributed by atoms with Crippen LogP contribution in [0, 0.1) is 6.92 Å². The summed E-state index contributed by atoms with van der Waals surface area (Å²) in [6, 6.07) is 25.8. The van der Waals surface area contributed by atoms with Gasteiger partial charge in [-0.15, -0.1) is 0 Å². The van der Waals surface area contributed by atoms with Crippen molar-refractivity contribution in [2.24, 2.45) is 0 Å². The lowest BCUT2D eigenvalue weighted by atomic mass is 10.2. The quantitative estimate of drug-likeness (QED) is 0.314. The molecule has 1 heterocycles. The van der Waals surface area contributed by atoms with E-state index in [1.165, 1.54) is 0 Å². The number of aryl methyl sites for hydroxylation is 1. The Balaban J connectivity index is 1.48. The SMILES string of the molecule is Cc1cc(C(=O)Nc2cccc(Oc3ccccc3)c2)n(-c2cccc(CNC(=O)OC(C)(C)C)c2)n1. The number of aromatic nitrogens is 2. The molecule has 0 aliphatic heterocycles. The second kappa shape index (κ2) is 11.0. The molecule has 190 valence electrons. The molecule has 37 heavy (non-hydrogen) atoms. The smallest absolute Gasteiger partial charge is 0.407 e. The number of nitrogens with one attached hydrogen (secondary N) is 2. The largest absolute Gasteiger partial charge is 0.457 e. The monoisotopic (exact) mass is 498 g/mol. The second-order valence-electron chi connectivity index (χ2n) is 9.51. The van der Waals surface area contributed by atoms with E-state index in [1.807, 2.05) is 94.4 Å². The highest BCUT2D eigenvalue weighted by Crippen LogP contribution is 2.24. The predicted octanol–water partition coefficient (Wildman–Crippen LogP) is 6.25. The van der Waals surface area contributed by atoms with E-state index in [0.29, 0.717) is 34.3 Å². The van der Waals surface area contributed by atoms with Crippen molar-refractivity contribution in [2.75, 3.05) is 5.32 Å². The van der Waals surface area contributed by atoms with E-state index in [2.05, 4.69) is 15.7 Å². The van der Waals surface area contributed by atoms with Crippen molar-refractivity contribution < 1.29 is 19.1 Å². The van der Waals surface area contributed by atoms with Crippen molar-refractivity contribution in [1.82, 2.24) is 15.1 Å². The Hall–Kier alpha value is -4.59. The maximum absolute atomic E-state index is 13.2. The molecule has 4 aromatic rings. The van der Waals surface area contributed by atoms with E-state index in [1.54, 1.807) is 22.9 Å². The fraction of sp³-hybridized carbons (Fsp3) is 0.207. The second-order valence-corrected chi connectivity index (χ2v) is 9.51. The molecule has 0 spiro atoms. The van der Waals surface area contributed by atoms with Crippen LogP contribution >= 0.6 is 0 Å². The lowest BCUT2D eigenvalue weighted by molar-refractivity contribution is 0.0523. The third-order valence-corrected chi connectivity index (χ3v) is 5.13. The van der Waals surface area contributed by atoms with E-state index < -0.39 is 11.7 Å². The summed E-state index contributed by atoms with van der Waals surface area (Å²) in [5.74, 6) is 1.01. The third-order valence-electron chi connectivity index (χ3n) is 5.13. The molecule has 0 radical (unpaired) electrons. The zero-order chi connectivity index (χ0) is 26.4. The number of amides is 2. The standard InChI is InChI=1S/C29H30N4O4/c1-20-16-26(27(34)31-22-11-9-15-25(18-22)36-24-13-6-5-7-14-24)33(32-20)23-12-8-10-21(17-23)19-30-28(35)37-29(2,3)4/h5-18H,19H2,1-4H3,(H,30,35)(H,31,34). The van der Waals surface area contributed by atoms with Gasteiger partial charge < -0.3 is 20.1 Å². The molecular formula is C29H30N4O4. The molecule has 8 heteroatoms. The van der Waals surface area contributed by atoms with Gasteiger partial charge in [-0.1, -0.05) is 36.4 Å². The summed E-state index contributed by atoms with van der Waals surface area (Å²) in [5.41, 5.74) is 2.64. The maximum atomic E-state index is 13.2. The lowest BCUT2D eigenvalue weighted by Crippen LogP contribution is -2.32. The molecule has 2 N–H and O–H groups in total. The average Bonchev–Trinajstić information content (AvgIpc) is 3.25. The number of hydrogen-bond acceptors (Lipinski definition) is 5. The molecule has 0 aliphatic carbocycles. The molecule has 4 rings (SSSR count). The van der Waals surface area contributed by atoms with Crippen molar-refractivity contribution in [3.63, 3.8) is 0 Å². The Kier molecular flexibility index (Phi) is 7.57. The molecular weight excluding hydrogens is 468 g/mol. The summed E-state index contributed by atoms with van der Waals surface area (Å²) < 4.78 is 12.8. The molecule has 2 amide bonds. The van der Waals surface area contributed by atoms with E-state index in [0.717, 1.165) is 5.56 Å². The zero-order valence-electron chi connectivity index (χ0n) is 21.3. The van der Waals surface area contributed by atoms with Crippen molar-refractivity contribution >= 4 is 17.7 Å². The van der Waals surface area contributed by atoms with Crippen LogP contribution in [-0.4, -0.2) is 27.4 Å². The van der Waals surface area contributed by atoms with Gasteiger partial charge in [0.15, 0.2) is 0 Å². The number of carbonyl (C=O) groups excluding carboxylic acids is 2. The van der Waals surface area contributed by atoms with Crippen LogP contribution in [0.1, 0.15) is 42.5 Å². The Morgan fingerprint density at radius 3 is 2.38 bits per heavy atom. The minimum atomic E-state index is -0.575. The van der Waals surface area contributed by atoms with Gasteiger partial charge in [0.1, 0.15) is 22.8 Å². The first-order valence-electron chi connectivity index (χ1n) is 11.9. The molecule has 0 fully saturated rings. The Morgan fingerprint density at radius 1 is 0.892 bits per heavy atom. The maximum Gasteiger partial charge on any atom is 0.407 e. The molecule has 8 nitrogen and oxygen atoms in total. The summed E-state index contributed by atoms with van der Waals surface area (Å²) in [4.78, 5) is 25.3. The van der Waals surface area contributed by atoms with Gasteiger partial charge in [-0.2, -0.15) is 5.10 Å². The summed E-state index contributed by atoms with van der Waals surface area (Å²) in [6.07, 6.45) is -0.494. The van der Waals surface area contributed by atoms with Gasteiger partial charge in [0, 0.05) is 18.3 Å². The number of hydrogen-bond donors (Lipinski definition) is 2. The number of ether oxygens (including phenoxy) is 2. The topological polar surface area (TPSA) is 94.5 Å². The van der Waals surface area contributed by atoms with Gasteiger partial charge in [0.2, 0.25) is 0 Å². The first kappa shape index (κ1) is 25.5.